The first-order valence-corrected chi connectivity index (χ1v) is 10.4. The second-order valence-corrected chi connectivity index (χ2v) is 8.18. The molecule has 0 unspecified atom stereocenters. The van der Waals surface area contributed by atoms with Gasteiger partial charge in [-0.05, 0) is 63.9 Å². The summed E-state index contributed by atoms with van der Waals surface area (Å²) in [5.74, 6) is 0.730. The molecule has 7 heteroatoms. The molecule has 29 heavy (non-hydrogen) atoms. The van der Waals surface area contributed by atoms with Crippen LogP contribution in [0.2, 0.25) is 0 Å². The number of nitrogens with one attached hydrogen (secondary N) is 1. The third-order valence-corrected chi connectivity index (χ3v) is 5.80. The van der Waals surface area contributed by atoms with Crippen LogP contribution in [0, 0.1) is 12.8 Å². The topological polar surface area (TPSA) is 80.4 Å². The van der Waals surface area contributed by atoms with Crippen LogP contribution in [0.4, 0.5) is 0 Å². The average molecular weight is 396 g/mol. The van der Waals surface area contributed by atoms with Crippen LogP contribution in [0.3, 0.4) is 0 Å². The van der Waals surface area contributed by atoms with Crippen molar-refractivity contribution in [3.63, 3.8) is 0 Å². The lowest BCUT2D eigenvalue weighted by Gasteiger charge is -2.30. The third kappa shape index (κ3) is 4.34. The van der Waals surface area contributed by atoms with Crippen molar-refractivity contribution in [1.82, 2.24) is 20.0 Å². The van der Waals surface area contributed by atoms with Crippen molar-refractivity contribution < 1.29 is 9.21 Å². The van der Waals surface area contributed by atoms with Gasteiger partial charge in [0, 0.05) is 11.9 Å². The van der Waals surface area contributed by atoms with Crippen molar-refractivity contribution in [2.24, 2.45) is 5.92 Å². The summed E-state index contributed by atoms with van der Waals surface area (Å²) in [7, 11) is 0. The van der Waals surface area contributed by atoms with Crippen molar-refractivity contribution in [2.45, 2.75) is 39.7 Å². The molecule has 1 N–H and O–H groups in total. The van der Waals surface area contributed by atoms with E-state index in [1.54, 1.807) is 10.7 Å². The highest BCUT2D eigenvalue weighted by Gasteiger charge is 2.16. The predicted octanol–water partition coefficient (Wildman–Crippen LogP) is 2.69. The van der Waals surface area contributed by atoms with Crippen molar-refractivity contribution in [3.8, 4) is 0 Å². The van der Waals surface area contributed by atoms with Crippen LogP contribution in [0.25, 0.3) is 21.9 Å². The van der Waals surface area contributed by atoms with E-state index in [-0.39, 0.29) is 12.5 Å². The lowest BCUT2D eigenvalue weighted by Crippen LogP contribution is -2.36. The smallest absolute Gasteiger partial charge is 0.347 e. The van der Waals surface area contributed by atoms with E-state index in [0.29, 0.717) is 23.0 Å². The van der Waals surface area contributed by atoms with Gasteiger partial charge in [0.25, 0.3) is 0 Å². The fourth-order valence-corrected chi connectivity index (χ4v) is 4.02. The van der Waals surface area contributed by atoms with Crippen LogP contribution in [0.1, 0.15) is 31.7 Å². The van der Waals surface area contributed by atoms with Gasteiger partial charge in [0.1, 0.15) is 17.5 Å². The Labute approximate surface area is 169 Å². The minimum Gasteiger partial charge on any atom is -0.422 e. The maximum absolute atomic E-state index is 12.4. The van der Waals surface area contributed by atoms with Crippen molar-refractivity contribution in [1.29, 1.82) is 0 Å². The fraction of sp³-hybridized carbons (Fsp3) is 0.500. The molecule has 0 atom stereocenters. The highest BCUT2D eigenvalue weighted by molar-refractivity contribution is 6.02. The molecule has 4 rings (SSSR count). The van der Waals surface area contributed by atoms with E-state index in [9.17, 15) is 9.59 Å². The molecule has 7 nitrogen and oxygen atoms in total. The molecule has 2 aromatic heterocycles. The zero-order valence-corrected chi connectivity index (χ0v) is 17.1. The van der Waals surface area contributed by atoms with Crippen LogP contribution >= 0.6 is 0 Å². The van der Waals surface area contributed by atoms with Crippen molar-refractivity contribution in [3.05, 3.63) is 40.4 Å². The standard InChI is InChI=1S/C22H28N4O3/c1-15-6-10-25(11-7-15)9-3-8-23-20(27)14-26-21-17-12-16(2)4-5-19(17)29-22(28)18(21)13-24-26/h4-5,12-13,15H,3,6-11,14H2,1-2H3,(H,23,27). The van der Waals surface area contributed by atoms with Gasteiger partial charge in [-0.3, -0.25) is 9.48 Å². The number of benzene rings is 1. The average Bonchev–Trinajstić information content (AvgIpc) is 3.12. The van der Waals surface area contributed by atoms with Gasteiger partial charge >= 0.3 is 5.63 Å². The summed E-state index contributed by atoms with van der Waals surface area (Å²) in [6, 6.07) is 5.63. The van der Waals surface area contributed by atoms with Gasteiger partial charge in [-0.1, -0.05) is 18.6 Å². The molecule has 1 fully saturated rings. The number of carbonyl (C=O) groups excluding carboxylic acids is 1. The van der Waals surface area contributed by atoms with E-state index < -0.39 is 5.63 Å². The van der Waals surface area contributed by atoms with E-state index in [4.69, 9.17) is 4.42 Å². The Hall–Kier alpha value is -2.67. The van der Waals surface area contributed by atoms with E-state index in [1.807, 2.05) is 19.1 Å². The maximum atomic E-state index is 12.4. The summed E-state index contributed by atoms with van der Waals surface area (Å²) in [4.78, 5) is 27.2. The zero-order valence-electron chi connectivity index (χ0n) is 17.1. The lowest BCUT2D eigenvalue weighted by molar-refractivity contribution is -0.121. The molecule has 1 amide bonds. The molecule has 154 valence electrons. The first-order chi connectivity index (χ1) is 14.0. The summed E-state index contributed by atoms with van der Waals surface area (Å²) in [5.41, 5.74) is 1.78. The minimum absolute atomic E-state index is 0.0806. The Morgan fingerprint density at radius 3 is 2.86 bits per heavy atom. The second kappa shape index (κ2) is 8.37. The van der Waals surface area contributed by atoms with Gasteiger partial charge in [-0.2, -0.15) is 5.10 Å². The normalized spacial score (nSPS) is 15.9. The minimum atomic E-state index is -0.432. The highest BCUT2D eigenvalue weighted by atomic mass is 16.4. The molecular weight excluding hydrogens is 368 g/mol. The molecule has 3 aromatic rings. The predicted molar refractivity (Wildman–Crippen MR) is 113 cm³/mol. The number of likely N-dealkylation sites (tertiary alicyclic amines) is 1. The number of hydrogen-bond donors (Lipinski definition) is 1. The van der Waals surface area contributed by atoms with E-state index >= 15 is 0 Å². The summed E-state index contributed by atoms with van der Waals surface area (Å²) in [6.45, 7) is 8.34. The monoisotopic (exact) mass is 396 g/mol. The summed E-state index contributed by atoms with van der Waals surface area (Å²) in [6.07, 6.45) is 4.94. The number of amides is 1. The fourth-order valence-electron chi connectivity index (χ4n) is 4.02. The molecule has 1 aliphatic rings. The third-order valence-electron chi connectivity index (χ3n) is 5.80. The number of fused-ring (bicyclic) bond motifs is 3. The van der Waals surface area contributed by atoms with Gasteiger partial charge in [-0.25, -0.2) is 4.79 Å². The molecular formula is C22H28N4O3. The Kier molecular flexibility index (Phi) is 5.67. The molecule has 0 radical (unpaired) electrons. The van der Waals surface area contributed by atoms with Gasteiger partial charge in [0.05, 0.1) is 11.7 Å². The van der Waals surface area contributed by atoms with Crippen LogP contribution in [0.15, 0.2) is 33.6 Å². The number of hydrogen-bond acceptors (Lipinski definition) is 5. The number of aromatic nitrogens is 2. The van der Waals surface area contributed by atoms with Crippen LogP contribution in [0.5, 0.6) is 0 Å². The van der Waals surface area contributed by atoms with Crippen LogP contribution in [-0.4, -0.2) is 46.8 Å². The number of nitrogens with zero attached hydrogens (tertiary/aromatic N) is 3. The summed E-state index contributed by atoms with van der Waals surface area (Å²) in [5, 5.41) is 8.45. The first-order valence-electron chi connectivity index (χ1n) is 10.4. The summed E-state index contributed by atoms with van der Waals surface area (Å²) < 4.78 is 6.97. The number of aryl methyl sites for hydroxylation is 1. The van der Waals surface area contributed by atoms with Crippen LogP contribution < -0.4 is 10.9 Å². The molecule has 0 spiro atoms. The van der Waals surface area contributed by atoms with Gasteiger partial charge in [-0.15, -0.1) is 0 Å². The maximum Gasteiger partial charge on any atom is 0.347 e. The molecule has 3 heterocycles. The number of carbonyl (C=O) groups is 1. The zero-order chi connectivity index (χ0) is 20.4. The molecule has 1 saturated heterocycles. The second-order valence-electron chi connectivity index (χ2n) is 8.18. The van der Waals surface area contributed by atoms with Gasteiger partial charge in [0.2, 0.25) is 5.91 Å². The highest BCUT2D eigenvalue weighted by Crippen LogP contribution is 2.23. The Balaban J connectivity index is 1.40. The quantitative estimate of drug-likeness (QED) is 0.512. The molecule has 1 aliphatic heterocycles. The first kappa shape index (κ1) is 19.6. The molecule has 0 saturated carbocycles. The molecule has 1 aromatic carbocycles. The van der Waals surface area contributed by atoms with Gasteiger partial charge < -0.3 is 14.6 Å². The van der Waals surface area contributed by atoms with E-state index in [2.05, 4.69) is 22.2 Å². The van der Waals surface area contributed by atoms with Crippen LogP contribution in [-0.2, 0) is 11.3 Å². The Morgan fingerprint density at radius 2 is 2.07 bits per heavy atom. The van der Waals surface area contributed by atoms with Crippen molar-refractivity contribution >= 4 is 27.8 Å². The lowest BCUT2D eigenvalue weighted by atomic mass is 9.99. The van der Waals surface area contributed by atoms with E-state index in [0.717, 1.165) is 42.9 Å². The SMILES string of the molecule is Cc1ccc2oc(=O)c3cnn(CC(=O)NCCCN4CCC(C)CC4)c3c2c1. The number of rotatable bonds is 6. The largest absolute Gasteiger partial charge is 0.422 e. The number of piperidine rings is 1. The van der Waals surface area contributed by atoms with Gasteiger partial charge in [0.15, 0.2) is 0 Å². The molecule has 0 aliphatic carbocycles. The molecule has 0 bridgehead atoms. The Morgan fingerprint density at radius 1 is 1.28 bits per heavy atom. The van der Waals surface area contributed by atoms with E-state index in [1.165, 1.54) is 19.0 Å². The Bertz CT molecular complexity index is 1080. The summed E-state index contributed by atoms with van der Waals surface area (Å²) >= 11 is 0. The van der Waals surface area contributed by atoms with Crippen molar-refractivity contribution in [2.75, 3.05) is 26.2 Å².